The van der Waals surface area contributed by atoms with Gasteiger partial charge in [0.2, 0.25) is 5.91 Å². The summed E-state index contributed by atoms with van der Waals surface area (Å²) in [6.45, 7) is 4.30. The van der Waals surface area contributed by atoms with E-state index in [1.54, 1.807) is 0 Å². The summed E-state index contributed by atoms with van der Waals surface area (Å²) in [5.41, 5.74) is 5.41. The van der Waals surface area contributed by atoms with Crippen LogP contribution in [0.5, 0.6) is 0 Å². The number of nitrogens with two attached hydrogens (primary N) is 1. The number of thiol groups is 1. The maximum atomic E-state index is 11.3. The van der Waals surface area contributed by atoms with Gasteiger partial charge in [-0.15, -0.1) is 0 Å². The summed E-state index contributed by atoms with van der Waals surface area (Å²) < 4.78 is -0.557. The smallest absolute Gasteiger partial charge is 0.233 e. The number of carbonyl (C=O) groups is 1. The van der Waals surface area contributed by atoms with Crippen molar-refractivity contribution in [1.29, 1.82) is 0 Å². The molecule has 3 nitrogen and oxygen atoms in total. The molecule has 2 rings (SSSR count). The molecule has 0 aromatic rings. The SMILES string of the molecule is CC1CCC(N2CCC(S)(C(N)=O)CC2)CC1. The van der Waals surface area contributed by atoms with Crippen LogP contribution in [0.3, 0.4) is 0 Å². The molecule has 0 atom stereocenters. The van der Waals surface area contributed by atoms with Crippen molar-refractivity contribution in [3.05, 3.63) is 0 Å². The minimum absolute atomic E-state index is 0.252. The van der Waals surface area contributed by atoms with Gasteiger partial charge < -0.3 is 10.6 Å². The molecule has 1 heterocycles. The Kier molecular flexibility index (Phi) is 4.03. The highest BCUT2D eigenvalue weighted by atomic mass is 32.1. The summed E-state index contributed by atoms with van der Waals surface area (Å²) in [5.74, 6) is 0.642. The number of nitrogens with zero attached hydrogens (tertiary/aromatic N) is 1. The van der Waals surface area contributed by atoms with Crippen LogP contribution in [0, 0.1) is 5.92 Å². The van der Waals surface area contributed by atoms with Crippen LogP contribution in [-0.2, 0) is 4.79 Å². The molecule has 2 aliphatic rings. The van der Waals surface area contributed by atoms with E-state index in [0.717, 1.165) is 37.9 Å². The second kappa shape index (κ2) is 5.19. The lowest BCUT2D eigenvalue weighted by molar-refractivity contribution is -0.121. The third-order valence-corrected chi connectivity index (χ3v) is 5.25. The van der Waals surface area contributed by atoms with Gasteiger partial charge in [0.1, 0.15) is 0 Å². The van der Waals surface area contributed by atoms with E-state index in [9.17, 15) is 4.79 Å². The lowest BCUT2D eigenvalue weighted by atomic mass is 9.85. The molecule has 98 valence electrons. The van der Waals surface area contributed by atoms with Crippen LogP contribution in [0.1, 0.15) is 45.4 Å². The molecule has 2 fully saturated rings. The third-order valence-electron chi connectivity index (χ3n) is 4.59. The molecule has 17 heavy (non-hydrogen) atoms. The predicted octanol–water partition coefficient (Wildman–Crippen LogP) is 1.81. The van der Waals surface area contributed by atoms with Gasteiger partial charge in [-0.3, -0.25) is 4.79 Å². The fraction of sp³-hybridized carbons (Fsp3) is 0.923. The van der Waals surface area contributed by atoms with E-state index in [4.69, 9.17) is 5.73 Å². The zero-order valence-corrected chi connectivity index (χ0v) is 11.6. The first-order valence-electron chi connectivity index (χ1n) is 6.77. The van der Waals surface area contributed by atoms with E-state index < -0.39 is 4.75 Å². The van der Waals surface area contributed by atoms with Gasteiger partial charge in [0.25, 0.3) is 0 Å². The van der Waals surface area contributed by atoms with E-state index in [1.807, 2.05) is 0 Å². The number of piperidine rings is 1. The van der Waals surface area contributed by atoms with Crippen LogP contribution in [0.4, 0.5) is 0 Å². The van der Waals surface area contributed by atoms with E-state index in [1.165, 1.54) is 25.7 Å². The Morgan fingerprint density at radius 2 is 1.76 bits per heavy atom. The summed E-state index contributed by atoms with van der Waals surface area (Å²) in [6.07, 6.45) is 6.94. The van der Waals surface area contributed by atoms with Crippen molar-refractivity contribution in [2.45, 2.75) is 56.2 Å². The molecule has 1 aliphatic carbocycles. The van der Waals surface area contributed by atoms with Crippen LogP contribution in [0.2, 0.25) is 0 Å². The first-order valence-corrected chi connectivity index (χ1v) is 7.22. The minimum atomic E-state index is -0.557. The summed E-state index contributed by atoms with van der Waals surface area (Å²) >= 11 is 4.46. The van der Waals surface area contributed by atoms with Crippen LogP contribution < -0.4 is 5.73 Å². The highest BCUT2D eigenvalue weighted by Crippen LogP contribution is 2.33. The Balaban J connectivity index is 1.85. The standard InChI is InChI=1S/C13H24N2OS/c1-10-2-4-11(5-3-10)15-8-6-13(17,7-9-15)12(14)16/h10-11,17H,2-9H2,1H3,(H2,14,16). The zero-order valence-electron chi connectivity index (χ0n) is 10.7. The molecular formula is C13H24N2OS. The van der Waals surface area contributed by atoms with E-state index in [-0.39, 0.29) is 5.91 Å². The first-order chi connectivity index (χ1) is 8.01. The molecule has 0 aromatic heterocycles. The van der Waals surface area contributed by atoms with E-state index in [2.05, 4.69) is 24.5 Å². The molecule has 1 aliphatic heterocycles. The summed E-state index contributed by atoms with van der Waals surface area (Å²) in [5, 5.41) is 0. The van der Waals surface area contributed by atoms with Gasteiger partial charge >= 0.3 is 0 Å². The highest BCUT2D eigenvalue weighted by Gasteiger charge is 2.38. The maximum Gasteiger partial charge on any atom is 0.233 e. The molecule has 0 unspecified atom stereocenters. The van der Waals surface area contributed by atoms with Crippen LogP contribution >= 0.6 is 12.6 Å². The van der Waals surface area contributed by atoms with Crippen molar-refractivity contribution < 1.29 is 4.79 Å². The second-order valence-corrected chi connectivity index (χ2v) is 6.70. The van der Waals surface area contributed by atoms with Gasteiger partial charge in [0.15, 0.2) is 0 Å². The Bertz CT molecular complexity index is 279. The Morgan fingerprint density at radius 1 is 1.24 bits per heavy atom. The number of likely N-dealkylation sites (tertiary alicyclic amines) is 1. The summed E-state index contributed by atoms with van der Waals surface area (Å²) in [7, 11) is 0. The quantitative estimate of drug-likeness (QED) is 0.740. The molecule has 0 aromatic carbocycles. The lowest BCUT2D eigenvalue weighted by Gasteiger charge is -2.42. The second-order valence-electron chi connectivity index (χ2n) is 5.85. The van der Waals surface area contributed by atoms with Crippen molar-refractivity contribution in [3.8, 4) is 0 Å². The number of primary amides is 1. The van der Waals surface area contributed by atoms with Gasteiger partial charge in [-0.2, -0.15) is 12.6 Å². The number of amides is 1. The highest BCUT2D eigenvalue weighted by molar-refractivity contribution is 7.82. The fourth-order valence-corrected chi connectivity index (χ4v) is 3.31. The number of hydrogen-bond donors (Lipinski definition) is 2. The molecule has 4 heteroatoms. The normalized spacial score (nSPS) is 34.5. The van der Waals surface area contributed by atoms with Crippen molar-refractivity contribution >= 4 is 18.5 Å². The predicted molar refractivity (Wildman–Crippen MR) is 73.1 cm³/mol. The lowest BCUT2D eigenvalue weighted by Crippen LogP contribution is -2.51. The number of carbonyl (C=O) groups excluding carboxylic acids is 1. The van der Waals surface area contributed by atoms with Crippen molar-refractivity contribution in [3.63, 3.8) is 0 Å². The molecule has 0 radical (unpaired) electrons. The van der Waals surface area contributed by atoms with Gasteiger partial charge in [-0.05, 0) is 44.4 Å². The number of hydrogen-bond acceptors (Lipinski definition) is 3. The van der Waals surface area contributed by atoms with Crippen LogP contribution in [-0.4, -0.2) is 34.7 Å². The van der Waals surface area contributed by atoms with Gasteiger partial charge in [0.05, 0.1) is 4.75 Å². The van der Waals surface area contributed by atoms with Crippen molar-refractivity contribution in [1.82, 2.24) is 4.90 Å². The number of rotatable bonds is 2. The zero-order chi connectivity index (χ0) is 12.5. The topological polar surface area (TPSA) is 46.3 Å². The molecule has 1 saturated heterocycles. The molecule has 1 amide bonds. The average molecular weight is 256 g/mol. The molecule has 2 N–H and O–H groups in total. The largest absolute Gasteiger partial charge is 0.368 e. The molecule has 0 bridgehead atoms. The summed E-state index contributed by atoms with van der Waals surface area (Å²) in [4.78, 5) is 13.9. The van der Waals surface area contributed by atoms with Crippen LogP contribution in [0.15, 0.2) is 0 Å². The van der Waals surface area contributed by atoms with E-state index >= 15 is 0 Å². The van der Waals surface area contributed by atoms with Gasteiger partial charge in [0, 0.05) is 19.1 Å². The molecule has 1 saturated carbocycles. The van der Waals surface area contributed by atoms with E-state index in [0.29, 0.717) is 0 Å². The average Bonchev–Trinajstić information content (AvgIpc) is 2.31. The minimum Gasteiger partial charge on any atom is -0.368 e. The first kappa shape index (κ1) is 13.2. The van der Waals surface area contributed by atoms with Crippen molar-refractivity contribution in [2.24, 2.45) is 11.7 Å². The molecular weight excluding hydrogens is 232 g/mol. The Morgan fingerprint density at radius 3 is 2.24 bits per heavy atom. The van der Waals surface area contributed by atoms with Crippen molar-refractivity contribution in [2.75, 3.05) is 13.1 Å². The Labute approximate surface area is 110 Å². The maximum absolute atomic E-state index is 11.3. The molecule has 0 spiro atoms. The van der Waals surface area contributed by atoms with Gasteiger partial charge in [-0.25, -0.2) is 0 Å². The third kappa shape index (κ3) is 2.97. The fourth-order valence-electron chi connectivity index (χ4n) is 3.11. The van der Waals surface area contributed by atoms with Crippen LogP contribution in [0.25, 0.3) is 0 Å². The monoisotopic (exact) mass is 256 g/mol. The summed E-state index contributed by atoms with van der Waals surface area (Å²) in [6, 6.07) is 0.733. The van der Waals surface area contributed by atoms with Gasteiger partial charge in [-0.1, -0.05) is 6.92 Å². The Hall–Kier alpha value is -0.220.